The van der Waals surface area contributed by atoms with E-state index in [1.807, 2.05) is 18.2 Å². The Kier molecular flexibility index (Phi) is 4.80. The number of rotatable bonds is 5. The second-order valence-corrected chi connectivity index (χ2v) is 7.93. The van der Waals surface area contributed by atoms with Crippen molar-refractivity contribution in [3.8, 4) is 0 Å². The van der Waals surface area contributed by atoms with Crippen molar-refractivity contribution < 1.29 is 4.79 Å². The maximum Gasteiger partial charge on any atom is 0.178 e. The van der Waals surface area contributed by atoms with Gasteiger partial charge in [0, 0.05) is 49.2 Å². The van der Waals surface area contributed by atoms with Crippen molar-refractivity contribution >= 4 is 23.1 Å². The number of halogens is 1. The van der Waals surface area contributed by atoms with E-state index in [0.717, 1.165) is 48.1 Å². The van der Waals surface area contributed by atoms with Crippen molar-refractivity contribution in [1.82, 2.24) is 9.47 Å². The lowest BCUT2D eigenvalue weighted by Crippen LogP contribution is -2.48. The Morgan fingerprint density at radius 1 is 1.12 bits per heavy atom. The summed E-state index contributed by atoms with van der Waals surface area (Å²) in [7, 11) is 0. The summed E-state index contributed by atoms with van der Waals surface area (Å²) >= 11 is 6.31. The van der Waals surface area contributed by atoms with Gasteiger partial charge in [-0.2, -0.15) is 0 Å². The molecule has 2 fully saturated rings. The fourth-order valence-electron chi connectivity index (χ4n) is 4.10. The van der Waals surface area contributed by atoms with Crippen LogP contribution in [0.3, 0.4) is 0 Å². The molecule has 0 N–H and O–H groups in total. The minimum absolute atomic E-state index is 0.246. The van der Waals surface area contributed by atoms with Gasteiger partial charge in [-0.15, -0.1) is 0 Å². The molecule has 0 amide bonds. The molecule has 1 aliphatic carbocycles. The van der Waals surface area contributed by atoms with Crippen LogP contribution in [0.15, 0.2) is 30.3 Å². The van der Waals surface area contributed by atoms with Crippen LogP contribution in [0, 0.1) is 13.8 Å². The number of anilines is 1. The number of para-hydroxylation sites is 1. The molecule has 1 aromatic carbocycles. The topological polar surface area (TPSA) is 28.5 Å². The van der Waals surface area contributed by atoms with E-state index in [2.05, 4.69) is 40.3 Å². The Morgan fingerprint density at radius 2 is 1.81 bits per heavy atom. The van der Waals surface area contributed by atoms with Gasteiger partial charge in [-0.1, -0.05) is 23.7 Å². The number of ketones is 1. The molecule has 2 heterocycles. The zero-order valence-corrected chi connectivity index (χ0v) is 16.3. The second-order valence-electron chi connectivity index (χ2n) is 7.52. The van der Waals surface area contributed by atoms with Crippen molar-refractivity contribution in [2.75, 3.05) is 37.6 Å². The van der Waals surface area contributed by atoms with Gasteiger partial charge in [0.25, 0.3) is 0 Å². The van der Waals surface area contributed by atoms with Crippen LogP contribution in [-0.2, 0) is 0 Å². The van der Waals surface area contributed by atoms with Crippen LogP contribution in [-0.4, -0.2) is 48.0 Å². The number of hydrogen-bond acceptors (Lipinski definition) is 3. The van der Waals surface area contributed by atoms with E-state index in [4.69, 9.17) is 11.6 Å². The number of Topliss-reactive ketones (excluding diaryl/α,β-unsaturated/α-hetero) is 1. The van der Waals surface area contributed by atoms with Crippen LogP contribution in [0.25, 0.3) is 0 Å². The third-order valence-electron chi connectivity index (χ3n) is 5.63. The van der Waals surface area contributed by atoms with Gasteiger partial charge in [0.2, 0.25) is 0 Å². The van der Waals surface area contributed by atoms with Gasteiger partial charge >= 0.3 is 0 Å². The summed E-state index contributed by atoms with van der Waals surface area (Å²) in [5.41, 5.74) is 4.36. The standard InChI is InChI=1S/C21H26ClN3O/c1-15-13-18(16(2)25(15)17-7-8-17)21(26)14-23-9-11-24(12-10-23)20-6-4-3-5-19(20)22/h3-6,13,17H,7-12,14H2,1-2H3. The minimum Gasteiger partial charge on any atom is -0.368 e. The first kappa shape index (κ1) is 17.6. The largest absolute Gasteiger partial charge is 0.368 e. The van der Waals surface area contributed by atoms with Crippen molar-refractivity contribution in [1.29, 1.82) is 0 Å². The Hall–Kier alpha value is -1.78. The molecule has 4 rings (SSSR count). The van der Waals surface area contributed by atoms with E-state index in [0.29, 0.717) is 12.6 Å². The average Bonchev–Trinajstić information content (AvgIpc) is 3.41. The van der Waals surface area contributed by atoms with Crippen LogP contribution in [0.1, 0.15) is 40.6 Å². The lowest BCUT2D eigenvalue weighted by Gasteiger charge is -2.36. The van der Waals surface area contributed by atoms with Gasteiger partial charge in [0.15, 0.2) is 5.78 Å². The predicted molar refractivity (Wildman–Crippen MR) is 107 cm³/mol. The summed E-state index contributed by atoms with van der Waals surface area (Å²) in [6.45, 7) is 8.29. The molecule has 1 saturated heterocycles. The number of aryl methyl sites for hydroxylation is 1. The highest BCUT2D eigenvalue weighted by Gasteiger charge is 2.29. The van der Waals surface area contributed by atoms with E-state index in [1.165, 1.54) is 18.5 Å². The zero-order chi connectivity index (χ0) is 18.3. The summed E-state index contributed by atoms with van der Waals surface area (Å²) in [5.74, 6) is 0.246. The summed E-state index contributed by atoms with van der Waals surface area (Å²) in [6, 6.07) is 10.7. The van der Waals surface area contributed by atoms with E-state index in [-0.39, 0.29) is 5.78 Å². The summed E-state index contributed by atoms with van der Waals surface area (Å²) in [4.78, 5) is 17.4. The lowest BCUT2D eigenvalue weighted by molar-refractivity contribution is 0.0925. The van der Waals surface area contributed by atoms with Crippen molar-refractivity contribution in [3.05, 3.63) is 52.3 Å². The highest BCUT2D eigenvalue weighted by Crippen LogP contribution is 2.38. The highest BCUT2D eigenvalue weighted by molar-refractivity contribution is 6.33. The molecular formula is C21H26ClN3O. The molecule has 2 aromatic rings. The van der Waals surface area contributed by atoms with E-state index in [9.17, 15) is 4.79 Å². The van der Waals surface area contributed by atoms with Crippen molar-refractivity contribution in [2.24, 2.45) is 0 Å². The van der Waals surface area contributed by atoms with Crippen molar-refractivity contribution in [2.45, 2.75) is 32.7 Å². The number of carbonyl (C=O) groups is 1. The molecule has 4 nitrogen and oxygen atoms in total. The summed E-state index contributed by atoms with van der Waals surface area (Å²) < 4.78 is 2.35. The Morgan fingerprint density at radius 3 is 2.46 bits per heavy atom. The van der Waals surface area contributed by atoms with Crippen LogP contribution in [0.5, 0.6) is 0 Å². The Balaban J connectivity index is 1.38. The molecule has 0 radical (unpaired) electrons. The maximum atomic E-state index is 12.9. The fourth-order valence-corrected chi connectivity index (χ4v) is 4.35. The minimum atomic E-state index is 0.246. The molecule has 0 unspecified atom stereocenters. The number of hydrogen-bond donors (Lipinski definition) is 0. The van der Waals surface area contributed by atoms with Crippen LogP contribution >= 0.6 is 11.6 Å². The van der Waals surface area contributed by atoms with Gasteiger partial charge in [-0.05, 0) is 44.9 Å². The predicted octanol–water partition coefficient (Wildman–Crippen LogP) is 4.10. The van der Waals surface area contributed by atoms with E-state index >= 15 is 0 Å². The monoisotopic (exact) mass is 371 g/mol. The average molecular weight is 372 g/mol. The molecule has 1 aromatic heterocycles. The number of nitrogens with zero attached hydrogens (tertiary/aromatic N) is 3. The highest BCUT2D eigenvalue weighted by atomic mass is 35.5. The quantitative estimate of drug-likeness (QED) is 0.741. The zero-order valence-electron chi connectivity index (χ0n) is 15.5. The molecule has 0 atom stereocenters. The van der Waals surface area contributed by atoms with E-state index in [1.54, 1.807) is 0 Å². The van der Waals surface area contributed by atoms with Crippen LogP contribution < -0.4 is 4.90 Å². The second kappa shape index (κ2) is 7.09. The molecule has 138 valence electrons. The number of benzene rings is 1. The Bertz CT molecular complexity index is 817. The molecule has 0 spiro atoms. The number of carbonyl (C=O) groups excluding carboxylic acids is 1. The molecule has 0 bridgehead atoms. The van der Waals surface area contributed by atoms with Gasteiger partial charge in [0.05, 0.1) is 17.3 Å². The molecule has 5 heteroatoms. The van der Waals surface area contributed by atoms with Gasteiger partial charge in [-0.3, -0.25) is 9.69 Å². The molecule has 1 aliphatic heterocycles. The first-order valence-electron chi connectivity index (χ1n) is 9.48. The van der Waals surface area contributed by atoms with E-state index < -0.39 is 0 Å². The Labute approximate surface area is 160 Å². The molecule has 1 saturated carbocycles. The molecule has 26 heavy (non-hydrogen) atoms. The third kappa shape index (κ3) is 3.40. The number of aromatic nitrogens is 1. The summed E-state index contributed by atoms with van der Waals surface area (Å²) in [6.07, 6.45) is 2.49. The number of piperazine rings is 1. The van der Waals surface area contributed by atoms with Crippen LogP contribution in [0.4, 0.5) is 5.69 Å². The smallest absolute Gasteiger partial charge is 0.178 e. The lowest BCUT2D eigenvalue weighted by atomic mass is 10.1. The van der Waals surface area contributed by atoms with Crippen LogP contribution in [0.2, 0.25) is 5.02 Å². The SMILES string of the molecule is Cc1cc(C(=O)CN2CCN(c3ccccc3Cl)CC2)c(C)n1C1CC1. The van der Waals surface area contributed by atoms with Gasteiger partial charge in [0.1, 0.15) is 0 Å². The third-order valence-corrected chi connectivity index (χ3v) is 5.95. The maximum absolute atomic E-state index is 12.9. The molecule has 2 aliphatic rings. The summed E-state index contributed by atoms with van der Waals surface area (Å²) in [5, 5.41) is 0.796. The van der Waals surface area contributed by atoms with Gasteiger partial charge in [-0.25, -0.2) is 0 Å². The normalized spacial score (nSPS) is 18.3. The van der Waals surface area contributed by atoms with Crippen molar-refractivity contribution in [3.63, 3.8) is 0 Å². The fraction of sp³-hybridized carbons (Fsp3) is 0.476. The first-order chi connectivity index (χ1) is 12.5. The first-order valence-corrected chi connectivity index (χ1v) is 9.86. The van der Waals surface area contributed by atoms with Gasteiger partial charge < -0.3 is 9.47 Å². The molecular weight excluding hydrogens is 346 g/mol.